The van der Waals surface area contributed by atoms with Gasteiger partial charge >= 0.3 is 0 Å². The van der Waals surface area contributed by atoms with E-state index >= 15 is 0 Å². The second-order valence-electron chi connectivity index (χ2n) is 7.54. The molecule has 1 N–H and O–H groups in total. The number of rotatable bonds is 8. The van der Waals surface area contributed by atoms with Gasteiger partial charge in [-0.3, -0.25) is 9.89 Å². The summed E-state index contributed by atoms with van der Waals surface area (Å²) in [4.78, 5) is 9.02. The molecule has 6 nitrogen and oxygen atoms in total. The maximum atomic E-state index is 5.52. The van der Waals surface area contributed by atoms with Crippen LogP contribution in [0.1, 0.15) is 23.6 Å². The van der Waals surface area contributed by atoms with E-state index in [9.17, 15) is 0 Å². The number of nitrogens with zero attached hydrogens (tertiary/aromatic N) is 3. The number of guanidine groups is 1. The number of nitrogens with one attached hydrogen (secondary N) is 1. The van der Waals surface area contributed by atoms with Crippen LogP contribution in [-0.4, -0.2) is 62.8 Å². The molecular weight excluding hydrogens is 376 g/mol. The number of aliphatic imine (C=N–C) groups is 1. The van der Waals surface area contributed by atoms with E-state index < -0.39 is 0 Å². The Morgan fingerprint density at radius 3 is 2.53 bits per heavy atom. The molecule has 2 aromatic carbocycles. The summed E-state index contributed by atoms with van der Waals surface area (Å²) in [5.41, 5.74) is 3.82. The zero-order valence-electron chi connectivity index (χ0n) is 18.4. The topological polar surface area (TPSA) is 49.3 Å². The minimum absolute atomic E-state index is 0.684. The summed E-state index contributed by atoms with van der Waals surface area (Å²) >= 11 is 0. The zero-order valence-corrected chi connectivity index (χ0v) is 18.4. The highest BCUT2D eigenvalue weighted by Gasteiger charge is 2.11. The molecule has 6 heteroatoms. The number of hydrogen-bond donors (Lipinski definition) is 1. The summed E-state index contributed by atoms with van der Waals surface area (Å²) < 4.78 is 11.0. The standard InChI is InChI=1S/C24H34N4O2/c1-4-30-23-10-8-20(9-11-23)18-27(3)24(25-2)26-17-21-6-5-7-22(16-21)19-28-12-14-29-15-13-28/h5-11,16H,4,12-15,17-19H2,1-3H3,(H,25,26). The van der Waals surface area contributed by atoms with E-state index in [0.717, 1.165) is 57.6 Å². The molecule has 0 aliphatic carbocycles. The Morgan fingerprint density at radius 1 is 1.10 bits per heavy atom. The normalized spacial score (nSPS) is 15.1. The molecule has 0 spiro atoms. The van der Waals surface area contributed by atoms with Crippen molar-refractivity contribution in [1.82, 2.24) is 15.1 Å². The Labute approximate surface area is 180 Å². The van der Waals surface area contributed by atoms with E-state index in [1.165, 1.54) is 16.7 Å². The zero-order chi connectivity index (χ0) is 21.2. The maximum Gasteiger partial charge on any atom is 0.193 e. The van der Waals surface area contributed by atoms with Gasteiger partial charge in [-0.1, -0.05) is 36.4 Å². The van der Waals surface area contributed by atoms with Crippen molar-refractivity contribution in [1.29, 1.82) is 0 Å². The molecule has 30 heavy (non-hydrogen) atoms. The fraction of sp³-hybridized carbons (Fsp3) is 0.458. The summed E-state index contributed by atoms with van der Waals surface area (Å²) in [6.45, 7) is 8.86. The minimum atomic E-state index is 0.684. The Hall–Kier alpha value is -2.57. The van der Waals surface area contributed by atoms with Gasteiger partial charge in [0, 0.05) is 46.8 Å². The van der Waals surface area contributed by atoms with E-state index in [2.05, 4.69) is 63.6 Å². The summed E-state index contributed by atoms with van der Waals surface area (Å²) in [5, 5.41) is 3.49. The van der Waals surface area contributed by atoms with Crippen LogP contribution in [0.2, 0.25) is 0 Å². The van der Waals surface area contributed by atoms with E-state index in [-0.39, 0.29) is 0 Å². The first-order valence-corrected chi connectivity index (χ1v) is 10.7. The third kappa shape index (κ3) is 6.75. The van der Waals surface area contributed by atoms with Gasteiger partial charge < -0.3 is 19.7 Å². The summed E-state index contributed by atoms with van der Waals surface area (Å²) in [7, 11) is 3.88. The SMILES string of the molecule is CCOc1ccc(CN(C)C(=NC)NCc2cccc(CN3CCOCC3)c2)cc1. The van der Waals surface area contributed by atoms with Crippen molar-refractivity contribution in [3.8, 4) is 5.75 Å². The second-order valence-corrected chi connectivity index (χ2v) is 7.54. The van der Waals surface area contributed by atoms with Crippen molar-refractivity contribution >= 4 is 5.96 Å². The Morgan fingerprint density at radius 2 is 1.83 bits per heavy atom. The first-order valence-electron chi connectivity index (χ1n) is 10.7. The van der Waals surface area contributed by atoms with Gasteiger partial charge in [0.2, 0.25) is 0 Å². The van der Waals surface area contributed by atoms with Gasteiger partial charge in [0.05, 0.1) is 19.8 Å². The lowest BCUT2D eigenvalue weighted by Crippen LogP contribution is -2.38. The number of ether oxygens (including phenoxy) is 2. The monoisotopic (exact) mass is 410 g/mol. The summed E-state index contributed by atoms with van der Waals surface area (Å²) in [6.07, 6.45) is 0. The lowest BCUT2D eigenvalue weighted by molar-refractivity contribution is 0.0342. The van der Waals surface area contributed by atoms with Crippen LogP contribution in [0.5, 0.6) is 5.75 Å². The Kier molecular flexibility index (Phi) is 8.53. The van der Waals surface area contributed by atoms with Crippen LogP contribution in [0.3, 0.4) is 0 Å². The quantitative estimate of drug-likeness (QED) is 0.535. The fourth-order valence-corrected chi connectivity index (χ4v) is 3.63. The van der Waals surface area contributed by atoms with Crippen molar-refractivity contribution in [3.05, 3.63) is 65.2 Å². The predicted octanol–water partition coefficient (Wildman–Crippen LogP) is 3.12. The lowest BCUT2D eigenvalue weighted by atomic mass is 10.1. The third-order valence-corrected chi connectivity index (χ3v) is 5.18. The van der Waals surface area contributed by atoms with Crippen molar-refractivity contribution in [2.24, 2.45) is 4.99 Å². The predicted molar refractivity (Wildman–Crippen MR) is 122 cm³/mol. The fourth-order valence-electron chi connectivity index (χ4n) is 3.63. The molecule has 1 fully saturated rings. The Bertz CT molecular complexity index is 801. The van der Waals surface area contributed by atoms with Crippen molar-refractivity contribution < 1.29 is 9.47 Å². The largest absolute Gasteiger partial charge is 0.494 e. The van der Waals surface area contributed by atoms with Gasteiger partial charge in [-0.2, -0.15) is 0 Å². The van der Waals surface area contributed by atoms with Crippen LogP contribution in [0.25, 0.3) is 0 Å². The van der Waals surface area contributed by atoms with Gasteiger partial charge in [-0.05, 0) is 35.7 Å². The molecule has 1 heterocycles. The smallest absolute Gasteiger partial charge is 0.193 e. The molecule has 0 bridgehead atoms. The van der Waals surface area contributed by atoms with Crippen LogP contribution in [0.15, 0.2) is 53.5 Å². The molecule has 2 aromatic rings. The molecule has 1 aliphatic rings. The first-order chi connectivity index (χ1) is 14.7. The molecule has 0 unspecified atom stereocenters. The van der Waals surface area contributed by atoms with E-state index in [4.69, 9.17) is 9.47 Å². The van der Waals surface area contributed by atoms with Gasteiger partial charge in [0.25, 0.3) is 0 Å². The maximum absolute atomic E-state index is 5.52. The molecule has 0 aromatic heterocycles. The van der Waals surface area contributed by atoms with Crippen molar-refractivity contribution in [2.75, 3.05) is 47.0 Å². The minimum Gasteiger partial charge on any atom is -0.494 e. The van der Waals surface area contributed by atoms with Crippen LogP contribution in [0.4, 0.5) is 0 Å². The van der Waals surface area contributed by atoms with Crippen LogP contribution < -0.4 is 10.1 Å². The van der Waals surface area contributed by atoms with Gasteiger partial charge in [-0.25, -0.2) is 0 Å². The van der Waals surface area contributed by atoms with E-state index in [1.54, 1.807) is 0 Å². The van der Waals surface area contributed by atoms with Gasteiger partial charge in [0.1, 0.15) is 5.75 Å². The highest BCUT2D eigenvalue weighted by atomic mass is 16.5. The van der Waals surface area contributed by atoms with E-state index in [1.807, 2.05) is 26.1 Å². The van der Waals surface area contributed by atoms with E-state index in [0.29, 0.717) is 6.61 Å². The molecule has 3 rings (SSSR count). The lowest BCUT2D eigenvalue weighted by Gasteiger charge is -2.26. The molecule has 0 atom stereocenters. The highest BCUT2D eigenvalue weighted by molar-refractivity contribution is 5.79. The van der Waals surface area contributed by atoms with Crippen LogP contribution >= 0.6 is 0 Å². The van der Waals surface area contributed by atoms with Crippen LogP contribution in [-0.2, 0) is 24.4 Å². The highest BCUT2D eigenvalue weighted by Crippen LogP contribution is 2.14. The molecule has 162 valence electrons. The van der Waals surface area contributed by atoms with Gasteiger partial charge in [0.15, 0.2) is 5.96 Å². The number of hydrogen-bond acceptors (Lipinski definition) is 4. The Balaban J connectivity index is 1.52. The first kappa shape index (κ1) is 22.1. The third-order valence-electron chi connectivity index (χ3n) is 5.18. The molecule has 0 saturated carbocycles. The molecular formula is C24H34N4O2. The average molecular weight is 411 g/mol. The van der Waals surface area contributed by atoms with Crippen molar-refractivity contribution in [2.45, 2.75) is 26.6 Å². The second kappa shape index (κ2) is 11.6. The summed E-state index contributed by atoms with van der Waals surface area (Å²) in [6, 6.07) is 17.0. The molecule has 0 radical (unpaired) electrons. The summed E-state index contributed by atoms with van der Waals surface area (Å²) in [5.74, 6) is 1.78. The molecule has 0 amide bonds. The van der Waals surface area contributed by atoms with Crippen LogP contribution in [0, 0.1) is 0 Å². The molecule has 1 saturated heterocycles. The number of morpholine rings is 1. The average Bonchev–Trinajstić information content (AvgIpc) is 2.77. The molecule has 1 aliphatic heterocycles. The number of benzene rings is 2. The van der Waals surface area contributed by atoms with Crippen molar-refractivity contribution in [3.63, 3.8) is 0 Å². The van der Waals surface area contributed by atoms with Gasteiger partial charge in [-0.15, -0.1) is 0 Å².